The fourth-order valence-corrected chi connectivity index (χ4v) is 1.72. The molecule has 0 aliphatic rings. The van der Waals surface area contributed by atoms with Crippen molar-refractivity contribution in [2.45, 2.75) is 25.9 Å². The zero-order chi connectivity index (χ0) is 11.2. The van der Waals surface area contributed by atoms with Crippen LogP contribution in [0.15, 0.2) is 0 Å². The van der Waals surface area contributed by atoms with E-state index in [1.807, 2.05) is 0 Å². The van der Waals surface area contributed by atoms with Gasteiger partial charge in [0.15, 0.2) is 0 Å². The Hall–Kier alpha value is -0.390. The lowest BCUT2D eigenvalue weighted by molar-refractivity contribution is -0.140. The van der Waals surface area contributed by atoms with E-state index in [9.17, 15) is 18.0 Å². The van der Waals surface area contributed by atoms with Crippen LogP contribution in [0.1, 0.15) is 19.8 Å². The van der Waals surface area contributed by atoms with Gasteiger partial charge in [-0.05, 0) is 12.2 Å². The Balaban J connectivity index is 3.35. The monoisotopic (exact) mass is 230 g/mol. The molecule has 0 fully saturated rings. The zero-order valence-corrected chi connectivity index (χ0v) is 8.62. The Morgan fingerprint density at radius 3 is 2.50 bits per heavy atom. The number of hydrogen-bond donors (Lipinski definition) is 1. The van der Waals surface area contributed by atoms with Gasteiger partial charge in [-0.1, -0.05) is 6.92 Å². The molecule has 0 aromatic rings. The zero-order valence-electron chi connectivity index (χ0n) is 7.80. The van der Waals surface area contributed by atoms with Crippen LogP contribution in [0.4, 0.5) is 13.2 Å². The van der Waals surface area contributed by atoms with Crippen LogP contribution < -0.4 is 0 Å². The SMILES string of the molecule is CC(CSCCCC(F)(F)F)C(=O)O. The highest BCUT2D eigenvalue weighted by Crippen LogP contribution is 2.22. The lowest BCUT2D eigenvalue weighted by Gasteiger charge is -2.07. The van der Waals surface area contributed by atoms with E-state index >= 15 is 0 Å². The molecule has 0 amide bonds. The normalized spacial score (nSPS) is 14.0. The third-order valence-electron chi connectivity index (χ3n) is 1.54. The van der Waals surface area contributed by atoms with E-state index < -0.39 is 24.5 Å². The fourth-order valence-electron chi connectivity index (χ4n) is 0.706. The molecule has 14 heavy (non-hydrogen) atoms. The van der Waals surface area contributed by atoms with Gasteiger partial charge in [-0.3, -0.25) is 4.79 Å². The molecule has 2 nitrogen and oxygen atoms in total. The van der Waals surface area contributed by atoms with Crippen molar-refractivity contribution >= 4 is 17.7 Å². The van der Waals surface area contributed by atoms with Crippen LogP contribution in [0.3, 0.4) is 0 Å². The summed E-state index contributed by atoms with van der Waals surface area (Å²) in [6.07, 6.45) is -4.83. The minimum absolute atomic E-state index is 0.0561. The molecule has 1 atom stereocenters. The van der Waals surface area contributed by atoms with Crippen molar-refractivity contribution in [1.29, 1.82) is 0 Å². The smallest absolute Gasteiger partial charge is 0.389 e. The first kappa shape index (κ1) is 13.6. The predicted molar refractivity (Wildman–Crippen MR) is 49.4 cm³/mol. The van der Waals surface area contributed by atoms with Crippen molar-refractivity contribution in [1.82, 2.24) is 0 Å². The van der Waals surface area contributed by atoms with Gasteiger partial charge in [0.2, 0.25) is 0 Å². The van der Waals surface area contributed by atoms with Crippen LogP contribution in [0.2, 0.25) is 0 Å². The van der Waals surface area contributed by atoms with E-state index in [-0.39, 0.29) is 6.42 Å². The van der Waals surface area contributed by atoms with Crippen molar-refractivity contribution in [2.24, 2.45) is 5.92 Å². The topological polar surface area (TPSA) is 37.3 Å². The third kappa shape index (κ3) is 8.22. The summed E-state index contributed by atoms with van der Waals surface area (Å²) in [7, 11) is 0. The number of halogens is 3. The first-order valence-electron chi connectivity index (χ1n) is 4.20. The first-order valence-corrected chi connectivity index (χ1v) is 5.35. The molecule has 1 unspecified atom stereocenters. The lowest BCUT2D eigenvalue weighted by atomic mass is 10.2. The first-order chi connectivity index (χ1) is 6.33. The van der Waals surface area contributed by atoms with Crippen LogP contribution in [0, 0.1) is 5.92 Å². The van der Waals surface area contributed by atoms with Crippen LogP contribution in [-0.2, 0) is 4.79 Å². The molecule has 0 aromatic heterocycles. The second kappa shape index (κ2) is 6.16. The molecule has 0 heterocycles. The molecule has 0 spiro atoms. The number of carboxylic acid groups (broad SMARTS) is 1. The number of carbonyl (C=O) groups is 1. The summed E-state index contributed by atoms with van der Waals surface area (Å²) < 4.78 is 35.0. The summed E-state index contributed by atoms with van der Waals surface area (Å²) in [5.74, 6) is -0.677. The van der Waals surface area contributed by atoms with Crippen molar-refractivity contribution in [3.8, 4) is 0 Å². The maximum Gasteiger partial charge on any atom is 0.389 e. The second-order valence-electron chi connectivity index (χ2n) is 3.03. The standard InChI is InChI=1S/C8H13F3O2S/c1-6(7(12)13)5-14-4-2-3-8(9,10)11/h6H,2-5H2,1H3,(H,12,13). The van der Waals surface area contributed by atoms with Gasteiger partial charge < -0.3 is 5.11 Å². The Kier molecular flexibility index (Phi) is 5.99. The lowest BCUT2D eigenvalue weighted by Crippen LogP contribution is -2.12. The minimum Gasteiger partial charge on any atom is -0.481 e. The molecular weight excluding hydrogens is 217 g/mol. The van der Waals surface area contributed by atoms with E-state index in [2.05, 4.69) is 0 Å². The molecule has 84 valence electrons. The molecule has 0 aliphatic carbocycles. The highest BCUT2D eigenvalue weighted by Gasteiger charge is 2.25. The van der Waals surface area contributed by atoms with Gasteiger partial charge >= 0.3 is 12.1 Å². The summed E-state index contributed by atoms with van der Waals surface area (Å²) in [5, 5.41) is 8.47. The highest BCUT2D eigenvalue weighted by atomic mass is 32.2. The summed E-state index contributed by atoms with van der Waals surface area (Å²) in [6, 6.07) is 0. The molecule has 0 aliphatic heterocycles. The van der Waals surface area contributed by atoms with Crippen molar-refractivity contribution in [2.75, 3.05) is 11.5 Å². The molecule has 0 aromatic carbocycles. The maximum atomic E-state index is 11.7. The maximum absolute atomic E-state index is 11.7. The number of rotatable bonds is 6. The number of alkyl halides is 3. The summed E-state index contributed by atoms with van der Waals surface area (Å²) in [5.41, 5.74) is 0. The number of thioether (sulfide) groups is 1. The Bertz CT molecular complexity index is 182. The largest absolute Gasteiger partial charge is 0.481 e. The molecule has 0 radical (unpaired) electrons. The van der Waals surface area contributed by atoms with Crippen LogP contribution >= 0.6 is 11.8 Å². The second-order valence-corrected chi connectivity index (χ2v) is 4.18. The molecule has 0 saturated carbocycles. The van der Waals surface area contributed by atoms with Crippen molar-refractivity contribution < 1.29 is 23.1 Å². The number of aliphatic carboxylic acids is 1. The molecule has 0 bridgehead atoms. The molecule has 6 heteroatoms. The average Bonchev–Trinajstić information content (AvgIpc) is 2.01. The van der Waals surface area contributed by atoms with Gasteiger partial charge in [0.25, 0.3) is 0 Å². The van der Waals surface area contributed by atoms with E-state index in [1.165, 1.54) is 11.8 Å². The van der Waals surface area contributed by atoms with E-state index in [4.69, 9.17) is 5.11 Å². The van der Waals surface area contributed by atoms with Crippen molar-refractivity contribution in [3.05, 3.63) is 0 Å². The summed E-state index contributed by atoms with van der Waals surface area (Å²) in [6.45, 7) is 1.54. The number of hydrogen-bond acceptors (Lipinski definition) is 2. The van der Waals surface area contributed by atoms with E-state index in [0.29, 0.717) is 11.5 Å². The predicted octanol–water partition coefficient (Wildman–Crippen LogP) is 2.78. The molecular formula is C8H13F3O2S. The van der Waals surface area contributed by atoms with Gasteiger partial charge in [0.1, 0.15) is 0 Å². The Morgan fingerprint density at radius 2 is 2.07 bits per heavy atom. The van der Waals surface area contributed by atoms with Gasteiger partial charge in [0, 0.05) is 12.2 Å². The van der Waals surface area contributed by atoms with Crippen molar-refractivity contribution in [3.63, 3.8) is 0 Å². The van der Waals surface area contributed by atoms with Gasteiger partial charge in [0.05, 0.1) is 5.92 Å². The quantitative estimate of drug-likeness (QED) is 0.713. The summed E-state index contributed by atoms with van der Waals surface area (Å²) >= 11 is 1.25. The van der Waals surface area contributed by atoms with Gasteiger partial charge in [-0.2, -0.15) is 24.9 Å². The molecule has 1 N–H and O–H groups in total. The minimum atomic E-state index is -4.10. The van der Waals surface area contributed by atoms with E-state index in [1.54, 1.807) is 6.92 Å². The average molecular weight is 230 g/mol. The summed E-state index contributed by atoms with van der Waals surface area (Å²) in [4.78, 5) is 10.3. The van der Waals surface area contributed by atoms with E-state index in [0.717, 1.165) is 0 Å². The fraction of sp³-hybridized carbons (Fsp3) is 0.875. The van der Waals surface area contributed by atoms with Crippen LogP contribution in [0.25, 0.3) is 0 Å². The molecule has 0 saturated heterocycles. The van der Waals surface area contributed by atoms with Gasteiger partial charge in [-0.15, -0.1) is 0 Å². The highest BCUT2D eigenvalue weighted by molar-refractivity contribution is 7.99. The van der Waals surface area contributed by atoms with Gasteiger partial charge in [-0.25, -0.2) is 0 Å². The Morgan fingerprint density at radius 1 is 1.50 bits per heavy atom. The van der Waals surface area contributed by atoms with Crippen LogP contribution in [-0.4, -0.2) is 28.8 Å². The Labute approximate surface area is 84.9 Å². The number of carboxylic acids is 1. The molecule has 0 rings (SSSR count). The van der Waals surface area contributed by atoms with Crippen LogP contribution in [0.5, 0.6) is 0 Å². The third-order valence-corrected chi connectivity index (χ3v) is 2.85.